The monoisotopic (exact) mass is 138 g/mol. The van der Waals surface area contributed by atoms with Crippen LogP contribution in [0.2, 0.25) is 0 Å². The molecule has 0 radical (unpaired) electrons. The minimum atomic E-state index is -0.131. The topological polar surface area (TPSA) is 64.7 Å². The van der Waals surface area contributed by atoms with E-state index in [4.69, 9.17) is 5.73 Å². The highest BCUT2D eigenvalue weighted by Gasteiger charge is 2.00. The zero-order valence-corrected chi connectivity index (χ0v) is 6.07. The average molecular weight is 138 g/mol. The molecule has 0 aliphatic carbocycles. The summed E-state index contributed by atoms with van der Waals surface area (Å²) >= 11 is 0. The summed E-state index contributed by atoms with van der Waals surface area (Å²) in [7, 11) is 0. The molecule has 1 heterocycles. The van der Waals surface area contributed by atoms with Gasteiger partial charge in [0.05, 0.1) is 17.9 Å². The van der Waals surface area contributed by atoms with Gasteiger partial charge in [0.1, 0.15) is 0 Å². The summed E-state index contributed by atoms with van der Waals surface area (Å²) in [5, 5.41) is 7.60. The van der Waals surface area contributed by atoms with Crippen LogP contribution in [0.3, 0.4) is 0 Å². The Morgan fingerprint density at radius 2 is 2.20 bits per heavy atom. The zero-order chi connectivity index (χ0) is 7.56. The summed E-state index contributed by atoms with van der Waals surface area (Å²) in [6, 6.07) is -0.131. The lowest BCUT2D eigenvalue weighted by molar-refractivity contribution is 0.700. The molecule has 4 heteroatoms. The molecule has 1 aromatic heterocycles. The van der Waals surface area contributed by atoms with E-state index in [2.05, 4.69) is 15.2 Å². The molecule has 0 spiro atoms. The van der Waals surface area contributed by atoms with Crippen molar-refractivity contribution < 1.29 is 0 Å². The first-order chi connectivity index (χ1) is 4.70. The highest BCUT2D eigenvalue weighted by molar-refractivity contribution is 4.93. The molecule has 0 fully saturated rings. The van der Waals surface area contributed by atoms with Gasteiger partial charge >= 0.3 is 0 Å². The van der Waals surface area contributed by atoms with Crippen LogP contribution < -0.4 is 5.73 Å². The summed E-state index contributed by atoms with van der Waals surface area (Å²) in [4.78, 5) is 3.98. The van der Waals surface area contributed by atoms with E-state index in [9.17, 15) is 0 Å². The Kier molecular flexibility index (Phi) is 1.91. The summed E-state index contributed by atoms with van der Waals surface area (Å²) in [5.41, 5.74) is 6.31. The molecular weight excluding hydrogens is 128 g/mol. The van der Waals surface area contributed by atoms with E-state index in [-0.39, 0.29) is 6.04 Å². The van der Waals surface area contributed by atoms with Crippen molar-refractivity contribution in [3.8, 4) is 0 Å². The molecule has 0 bridgehead atoms. The van der Waals surface area contributed by atoms with Crippen LogP contribution in [0.5, 0.6) is 0 Å². The Bertz CT molecular complexity index is 203. The molecule has 0 aliphatic heterocycles. The van der Waals surface area contributed by atoms with Gasteiger partial charge in [-0.05, 0) is 13.8 Å². The third-order valence-electron chi connectivity index (χ3n) is 1.10. The SMILES string of the molecule is Cc1cnc(C(C)N)nn1. The van der Waals surface area contributed by atoms with Crippen LogP contribution in [0.25, 0.3) is 0 Å². The summed E-state index contributed by atoms with van der Waals surface area (Å²) in [6.45, 7) is 3.66. The van der Waals surface area contributed by atoms with E-state index >= 15 is 0 Å². The van der Waals surface area contributed by atoms with Gasteiger partial charge in [-0.2, -0.15) is 5.10 Å². The summed E-state index contributed by atoms with van der Waals surface area (Å²) in [5.74, 6) is 0.589. The number of hydrogen-bond acceptors (Lipinski definition) is 4. The van der Waals surface area contributed by atoms with Crippen LogP contribution in [0.4, 0.5) is 0 Å². The molecule has 1 rings (SSSR count). The third-order valence-corrected chi connectivity index (χ3v) is 1.10. The van der Waals surface area contributed by atoms with Crippen molar-refractivity contribution in [1.82, 2.24) is 15.2 Å². The molecule has 10 heavy (non-hydrogen) atoms. The molecule has 1 atom stereocenters. The lowest BCUT2D eigenvalue weighted by atomic mass is 10.3. The quantitative estimate of drug-likeness (QED) is 0.602. The van der Waals surface area contributed by atoms with Gasteiger partial charge in [0.25, 0.3) is 0 Å². The molecule has 0 saturated heterocycles. The fourth-order valence-corrected chi connectivity index (χ4v) is 0.550. The van der Waals surface area contributed by atoms with Crippen molar-refractivity contribution in [3.05, 3.63) is 17.7 Å². The fraction of sp³-hybridized carbons (Fsp3) is 0.500. The van der Waals surface area contributed by atoms with Gasteiger partial charge in [-0.15, -0.1) is 5.10 Å². The molecule has 1 aromatic rings. The molecular formula is C6H10N4. The summed E-state index contributed by atoms with van der Waals surface area (Å²) < 4.78 is 0. The first-order valence-electron chi connectivity index (χ1n) is 3.12. The molecule has 0 aromatic carbocycles. The van der Waals surface area contributed by atoms with Crippen molar-refractivity contribution in [2.75, 3.05) is 0 Å². The van der Waals surface area contributed by atoms with Crippen molar-refractivity contribution in [2.45, 2.75) is 19.9 Å². The number of aromatic nitrogens is 3. The minimum absolute atomic E-state index is 0.131. The maximum absolute atomic E-state index is 5.50. The van der Waals surface area contributed by atoms with Crippen LogP contribution >= 0.6 is 0 Å². The van der Waals surface area contributed by atoms with Crippen LogP contribution in [-0.2, 0) is 0 Å². The molecule has 0 aliphatic rings. The van der Waals surface area contributed by atoms with Gasteiger partial charge in [0.15, 0.2) is 5.82 Å². The molecule has 2 N–H and O–H groups in total. The number of hydrogen-bond donors (Lipinski definition) is 1. The van der Waals surface area contributed by atoms with Crippen LogP contribution in [0.15, 0.2) is 6.20 Å². The average Bonchev–Trinajstić information content (AvgIpc) is 1.88. The first kappa shape index (κ1) is 7.08. The molecule has 1 unspecified atom stereocenters. The largest absolute Gasteiger partial charge is 0.321 e. The van der Waals surface area contributed by atoms with Crippen molar-refractivity contribution in [1.29, 1.82) is 0 Å². The number of nitrogens with zero attached hydrogens (tertiary/aromatic N) is 3. The second-order valence-electron chi connectivity index (χ2n) is 2.25. The smallest absolute Gasteiger partial charge is 0.167 e. The Balaban J connectivity index is 2.89. The standard InChI is InChI=1S/C6H10N4/c1-4-3-8-6(5(2)7)10-9-4/h3,5H,7H2,1-2H3. The van der Waals surface area contributed by atoms with E-state index in [0.29, 0.717) is 5.82 Å². The van der Waals surface area contributed by atoms with E-state index in [1.54, 1.807) is 6.20 Å². The van der Waals surface area contributed by atoms with E-state index < -0.39 is 0 Å². The minimum Gasteiger partial charge on any atom is -0.321 e. The Labute approximate surface area is 59.5 Å². The van der Waals surface area contributed by atoms with Crippen LogP contribution in [0, 0.1) is 6.92 Å². The molecule has 0 amide bonds. The second-order valence-corrected chi connectivity index (χ2v) is 2.25. The van der Waals surface area contributed by atoms with Gasteiger partial charge in [0, 0.05) is 0 Å². The van der Waals surface area contributed by atoms with Crippen molar-refractivity contribution in [3.63, 3.8) is 0 Å². The highest BCUT2D eigenvalue weighted by atomic mass is 15.2. The summed E-state index contributed by atoms with van der Waals surface area (Å²) in [6.07, 6.45) is 1.66. The van der Waals surface area contributed by atoms with Gasteiger partial charge in [-0.1, -0.05) is 0 Å². The fourth-order valence-electron chi connectivity index (χ4n) is 0.550. The Morgan fingerprint density at radius 3 is 2.60 bits per heavy atom. The molecule has 4 nitrogen and oxygen atoms in total. The van der Waals surface area contributed by atoms with Gasteiger partial charge in [-0.25, -0.2) is 4.98 Å². The predicted molar refractivity (Wildman–Crippen MR) is 37.2 cm³/mol. The third kappa shape index (κ3) is 1.48. The Morgan fingerprint density at radius 1 is 1.50 bits per heavy atom. The van der Waals surface area contributed by atoms with Gasteiger partial charge < -0.3 is 5.73 Å². The zero-order valence-electron chi connectivity index (χ0n) is 6.07. The van der Waals surface area contributed by atoms with Gasteiger partial charge in [-0.3, -0.25) is 0 Å². The number of rotatable bonds is 1. The van der Waals surface area contributed by atoms with E-state index in [1.807, 2.05) is 13.8 Å². The maximum Gasteiger partial charge on any atom is 0.167 e. The van der Waals surface area contributed by atoms with E-state index in [0.717, 1.165) is 5.69 Å². The molecule has 0 saturated carbocycles. The van der Waals surface area contributed by atoms with Crippen molar-refractivity contribution >= 4 is 0 Å². The lowest BCUT2D eigenvalue weighted by Crippen LogP contribution is -2.10. The highest BCUT2D eigenvalue weighted by Crippen LogP contribution is 1.98. The Hall–Kier alpha value is -1.03. The van der Waals surface area contributed by atoms with Gasteiger partial charge in [0.2, 0.25) is 0 Å². The number of aryl methyl sites for hydroxylation is 1. The molecule has 54 valence electrons. The predicted octanol–water partition coefficient (Wildman–Crippen LogP) is 0.200. The normalized spacial score (nSPS) is 13.1. The van der Waals surface area contributed by atoms with E-state index in [1.165, 1.54) is 0 Å². The van der Waals surface area contributed by atoms with Crippen LogP contribution in [0.1, 0.15) is 24.5 Å². The first-order valence-corrected chi connectivity index (χ1v) is 3.12. The lowest BCUT2D eigenvalue weighted by Gasteiger charge is -1.99. The van der Waals surface area contributed by atoms with Crippen molar-refractivity contribution in [2.24, 2.45) is 5.73 Å². The maximum atomic E-state index is 5.50. The van der Waals surface area contributed by atoms with Crippen LogP contribution in [-0.4, -0.2) is 15.2 Å². The number of nitrogens with two attached hydrogens (primary N) is 1. The second kappa shape index (κ2) is 2.70.